The minimum Gasteiger partial charge on any atom is -0.383 e. The Bertz CT molecular complexity index is 1370. The third-order valence-corrected chi connectivity index (χ3v) is 5.82. The molecule has 0 bridgehead atoms. The molecule has 0 atom stereocenters. The number of ether oxygens (including phenoxy) is 1. The standard InChI is InChI=1S/C25H25N5O5/c1-16-18-10-6-7-11-19(18)24(33)29(16)15-20(31)30(14-17-8-4-3-5-9-17)21-22(26)28(12-13-35-2)25(34)27-23(21)32/h3-11H,1,12-15,26H2,2H3,(H,27,32,34). The van der Waals surface area contributed by atoms with Crippen LogP contribution in [-0.4, -0.2) is 46.5 Å². The number of benzene rings is 2. The van der Waals surface area contributed by atoms with Gasteiger partial charge in [-0.3, -0.25) is 33.7 Å². The molecule has 0 fully saturated rings. The van der Waals surface area contributed by atoms with Crippen molar-refractivity contribution in [3.8, 4) is 0 Å². The number of nitrogens with two attached hydrogens (primary N) is 1. The number of carbonyl (C=O) groups excluding carboxylic acids is 2. The van der Waals surface area contributed by atoms with Crippen molar-refractivity contribution in [1.82, 2.24) is 14.5 Å². The molecule has 180 valence electrons. The molecule has 3 aromatic rings. The number of methoxy groups -OCH3 is 1. The summed E-state index contributed by atoms with van der Waals surface area (Å²) in [7, 11) is 1.47. The summed E-state index contributed by atoms with van der Waals surface area (Å²) in [6, 6.07) is 16.0. The number of rotatable bonds is 8. The number of carbonyl (C=O) groups is 2. The zero-order valence-corrected chi connectivity index (χ0v) is 19.2. The molecule has 10 nitrogen and oxygen atoms in total. The Kier molecular flexibility index (Phi) is 6.65. The molecule has 2 aromatic carbocycles. The predicted octanol–water partition coefficient (Wildman–Crippen LogP) is 1.43. The summed E-state index contributed by atoms with van der Waals surface area (Å²) >= 11 is 0. The monoisotopic (exact) mass is 475 g/mol. The fraction of sp³-hybridized carbons (Fsp3) is 0.200. The van der Waals surface area contributed by atoms with E-state index in [2.05, 4.69) is 11.6 Å². The summed E-state index contributed by atoms with van der Waals surface area (Å²) in [5.41, 5.74) is 6.77. The van der Waals surface area contributed by atoms with Crippen LogP contribution >= 0.6 is 0 Å². The number of nitrogens with zero attached hydrogens (tertiary/aromatic N) is 3. The van der Waals surface area contributed by atoms with Crippen LogP contribution in [0, 0.1) is 0 Å². The molecule has 2 heterocycles. The van der Waals surface area contributed by atoms with E-state index in [0.717, 1.165) is 10.1 Å². The van der Waals surface area contributed by atoms with Gasteiger partial charge in [0.25, 0.3) is 11.5 Å². The van der Waals surface area contributed by atoms with Crippen LogP contribution < -0.4 is 21.9 Å². The molecule has 1 aliphatic heterocycles. The summed E-state index contributed by atoms with van der Waals surface area (Å²) in [6.45, 7) is 3.85. The Hall–Kier alpha value is -4.44. The first-order valence-electron chi connectivity index (χ1n) is 10.9. The van der Waals surface area contributed by atoms with Crippen molar-refractivity contribution in [2.24, 2.45) is 0 Å². The van der Waals surface area contributed by atoms with Crippen LogP contribution in [0.4, 0.5) is 11.5 Å². The van der Waals surface area contributed by atoms with Gasteiger partial charge in [-0.05, 0) is 11.6 Å². The smallest absolute Gasteiger partial charge is 0.330 e. The van der Waals surface area contributed by atoms with E-state index in [1.165, 1.54) is 16.9 Å². The molecule has 2 amide bonds. The average molecular weight is 476 g/mol. The third kappa shape index (κ3) is 4.51. The fourth-order valence-corrected chi connectivity index (χ4v) is 4.02. The van der Waals surface area contributed by atoms with Crippen LogP contribution in [0.25, 0.3) is 5.70 Å². The van der Waals surface area contributed by atoms with Gasteiger partial charge in [0.15, 0.2) is 5.69 Å². The van der Waals surface area contributed by atoms with Crippen LogP contribution in [-0.2, 0) is 22.6 Å². The van der Waals surface area contributed by atoms with E-state index >= 15 is 0 Å². The highest BCUT2D eigenvalue weighted by Crippen LogP contribution is 2.31. The zero-order valence-electron chi connectivity index (χ0n) is 19.2. The number of anilines is 2. The summed E-state index contributed by atoms with van der Waals surface area (Å²) in [6.07, 6.45) is 0. The quantitative estimate of drug-likeness (QED) is 0.507. The second-order valence-electron chi connectivity index (χ2n) is 7.99. The number of fused-ring (bicyclic) bond motifs is 1. The minimum absolute atomic E-state index is 0.00309. The van der Waals surface area contributed by atoms with Crippen molar-refractivity contribution in [2.75, 3.05) is 30.9 Å². The van der Waals surface area contributed by atoms with Gasteiger partial charge in [0, 0.05) is 23.9 Å². The summed E-state index contributed by atoms with van der Waals surface area (Å²) in [5, 5.41) is 0. The van der Waals surface area contributed by atoms with E-state index in [9.17, 15) is 19.2 Å². The number of hydrogen-bond acceptors (Lipinski definition) is 6. The lowest BCUT2D eigenvalue weighted by atomic mass is 10.1. The molecule has 35 heavy (non-hydrogen) atoms. The van der Waals surface area contributed by atoms with Gasteiger partial charge in [0.1, 0.15) is 12.4 Å². The van der Waals surface area contributed by atoms with Gasteiger partial charge in [-0.2, -0.15) is 0 Å². The minimum atomic E-state index is -0.805. The molecule has 0 saturated heterocycles. The second kappa shape index (κ2) is 9.82. The average Bonchev–Trinajstić information content (AvgIpc) is 3.08. The maximum atomic E-state index is 13.6. The van der Waals surface area contributed by atoms with Crippen molar-refractivity contribution in [3.63, 3.8) is 0 Å². The summed E-state index contributed by atoms with van der Waals surface area (Å²) < 4.78 is 6.17. The van der Waals surface area contributed by atoms with Crippen LogP contribution in [0.2, 0.25) is 0 Å². The van der Waals surface area contributed by atoms with Gasteiger partial charge in [0.2, 0.25) is 5.91 Å². The topological polar surface area (TPSA) is 131 Å². The lowest BCUT2D eigenvalue weighted by molar-refractivity contribution is -0.118. The number of aromatic nitrogens is 2. The van der Waals surface area contributed by atoms with Crippen molar-refractivity contribution in [3.05, 3.63) is 98.7 Å². The number of hydrogen-bond donors (Lipinski definition) is 2. The summed E-state index contributed by atoms with van der Waals surface area (Å²) in [5.74, 6) is -1.09. The number of nitrogens with one attached hydrogen (secondary N) is 1. The Morgan fingerprint density at radius 3 is 2.37 bits per heavy atom. The van der Waals surface area contributed by atoms with E-state index in [1.54, 1.807) is 48.5 Å². The SMILES string of the molecule is C=C1c2ccccc2C(=O)N1CC(=O)N(Cc1ccccc1)c1c(N)n(CCOC)c(=O)[nH]c1=O. The molecular weight excluding hydrogens is 450 g/mol. The van der Waals surface area contributed by atoms with Crippen LogP contribution in [0.15, 0.2) is 70.8 Å². The van der Waals surface area contributed by atoms with E-state index in [0.29, 0.717) is 16.8 Å². The third-order valence-electron chi connectivity index (χ3n) is 5.82. The predicted molar refractivity (Wildman–Crippen MR) is 132 cm³/mol. The number of aromatic amines is 1. The molecule has 0 radical (unpaired) electrons. The largest absolute Gasteiger partial charge is 0.383 e. The fourth-order valence-electron chi connectivity index (χ4n) is 4.02. The highest BCUT2D eigenvalue weighted by molar-refractivity contribution is 6.11. The Morgan fingerprint density at radius 2 is 1.71 bits per heavy atom. The first-order valence-corrected chi connectivity index (χ1v) is 10.9. The number of H-pyrrole nitrogens is 1. The molecule has 0 saturated carbocycles. The normalized spacial score (nSPS) is 12.7. The van der Waals surface area contributed by atoms with E-state index < -0.39 is 17.2 Å². The van der Waals surface area contributed by atoms with Gasteiger partial charge in [-0.25, -0.2) is 4.79 Å². The van der Waals surface area contributed by atoms with E-state index in [1.807, 2.05) is 6.07 Å². The van der Waals surface area contributed by atoms with Gasteiger partial charge >= 0.3 is 5.69 Å². The van der Waals surface area contributed by atoms with Gasteiger partial charge in [0.05, 0.1) is 19.7 Å². The molecule has 10 heteroatoms. The first-order chi connectivity index (χ1) is 16.8. The van der Waals surface area contributed by atoms with E-state index in [4.69, 9.17) is 10.5 Å². The maximum absolute atomic E-state index is 13.6. The zero-order chi connectivity index (χ0) is 25.1. The first kappa shape index (κ1) is 23.7. The Labute approximate surface area is 200 Å². The highest BCUT2D eigenvalue weighted by Gasteiger charge is 2.34. The van der Waals surface area contributed by atoms with Gasteiger partial charge in [-0.15, -0.1) is 0 Å². The van der Waals surface area contributed by atoms with Crippen LogP contribution in [0.1, 0.15) is 21.5 Å². The number of amides is 2. The number of nitrogen functional groups attached to an aromatic ring is 1. The van der Waals surface area contributed by atoms with Gasteiger partial charge < -0.3 is 10.5 Å². The van der Waals surface area contributed by atoms with E-state index in [-0.39, 0.29) is 43.7 Å². The molecule has 1 aromatic heterocycles. The Morgan fingerprint density at radius 1 is 1.06 bits per heavy atom. The molecule has 1 aliphatic rings. The molecule has 0 unspecified atom stereocenters. The molecular formula is C25H25N5O5. The molecule has 3 N–H and O–H groups in total. The van der Waals surface area contributed by atoms with Crippen LogP contribution in [0.3, 0.4) is 0 Å². The second-order valence-corrected chi connectivity index (χ2v) is 7.99. The molecule has 0 aliphatic carbocycles. The van der Waals surface area contributed by atoms with Crippen molar-refractivity contribution >= 4 is 29.0 Å². The van der Waals surface area contributed by atoms with Crippen molar-refractivity contribution in [1.29, 1.82) is 0 Å². The lowest BCUT2D eigenvalue weighted by Gasteiger charge is -2.27. The van der Waals surface area contributed by atoms with Crippen LogP contribution in [0.5, 0.6) is 0 Å². The van der Waals surface area contributed by atoms with Crippen molar-refractivity contribution < 1.29 is 14.3 Å². The lowest BCUT2D eigenvalue weighted by Crippen LogP contribution is -2.45. The Balaban J connectivity index is 1.74. The molecule has 0 spiro atoms. The van der Waals surface area contributed by atoms with Crippen molar-refractivity contribution in [2.45, 2.75) is 13.1 Å². The van der Waals surface area contributed by atoms with Gasteiger partial charge in [-0.1, -0.05) is 55.1 Å². The highest BCUT2D eigenvalue weighted by atomic mass is 16.5. The maximum Gasteiger partial charge on any atom is 0.330 e. The molecule has 4 rings (SSSR count). The summed E-state index contributed by atoms with van der Waals surface area (Å²) in [4.78, 5) is 56.5.